The number of aliphatic hydroxyl groups excluding tert-OH is 1. The van der Waals surface area contributed by atoms with Crippen LogP contribution in [0.4, 0.5) is 0 Å². The van der Waals surface area contributed by atoms with Crippen LogP contribution < -0.4 is 0 Å². The third-order valence-corrected chi connectivity index (χ3v) is 22.9. The van der Waals surface area contributed by atoms with Gasteiger partial charge in [-0.05, 0) is 69.1 Å². The van der Waals surface area contributed by atoms with E-state index in [1.54, 1.807) is 0 Å². The molecule has 0 amide bonds. The molecule has 0 radical (unpaired) electrons. The van der Waals surface area contributed by atoms with Crippen LogP contribution in [0.15, 0.2) is 24.3 Å². The number of aliphatic hydroxyl groups is 1. The van der Waals surface area contributed by atoms with Gasteiger partial charge < -0.3 is 33.8 Å². The van der Waals surface area contributed by atoms with Crippen molar-refractivity contribution in [3.63, 3.8) is 0 Å². The maximum Gasteiger partial charge on any atom is 0.472 e. The minimum absolute atomic E-state index is 0.0842. The van der Waals surface area contributed by atoms with Crippen LogP contribution in [0.25, 0.3) is 0 Å². The van der Waals surface area contributed by atoms with E-state index in [0.717, 1.165) is 127 Å². The number of hydrogen-bond donors (Lipinski definition) is 3. The molecule has 19 heteroatoms. The maximum absolute atomic E-state index is 13.2. The van der Waals surface area contributed by atoms with Crippen molar-refractivity contribution < 1.29 is 80.2 Å². The van der Waals surface area contributed by atoms with Crippen molar-refractivity contribution in [3.8, 4) is 0 Å². The second-order valence-electron chi connectivity index (χ2n) is 32.3. The lowest BCUT2D eigenvalue weighted by Gasteiger charge is -2.21. The van der Waals surface area contributed by atoms with Gasteiger partial charge in [-0.3, -0.25) is 37.3 Å². The van der Waals surface area contributed by atoms with Gasteiger partial charge in [0.25, 0.3) is 0 Å². The Balaban J connectivity index is 5.24. The van der Waals surface area contributed by atoms with Crippen molar-refractivity contribution in [1.82, 2.24) is 0 Å². The Labute approximate surface area is 663 Å². The lowest BCUT2D eigenvalue weighted by Crippen LogP contribution is -2.30. The van der Waals surface area contributed by atoms with Gasteiger partial charge in [-0.25, -0.2) is 9.13 Å². The third kappa shape index (κ3) is 78.8. The van der Waals surface area contributed by atoms with Crippen LogP contribution in [0.1, 0.15) is 447 Å². The van der Waals surface area contributed by atoms with E-state index in [9.17, 15) is 43.2 Å². The monoisotopic (exact) mass is 1570 g/mol. The van der Waals surface area contributed by atoms with E-state index in [4.69, 9.17) is 37.0 Å². The lowest BCUT2D eigenvalue weighted by atomic mass is 9.99. The zero-order valence-corrected chi connectivity index (χ0v) is 72.6. The van der Waals surface area contributed by atoms with Gasteiger partial charge in [0.2, 0.25) is 0 Å². The van der Waals surface area contributed by atoms with Crippen molar-refractivity contribution in [2.24, 2.45) is 17.8 Å². The van der Waals surface area contributed by atoms with Gasteiger partial charge in [-0.15, -0.1) is 0 Å². The number of unbranched alkanes of at least 4 members (excludes halogenated alkanes) is 48. The van der Waals surface area contributed by atoms with Crippen LogP contribution in [0.2, 0.25) is 0 Å². The summed E-state index contributed by atoms with van der Waals surface area (Å²) >= 11 is 0. The molecule has 0 aromatic carbocycles. The first-order valence-electron chi connectivity index (χ1n) is 45.2. The number of rotatable bonds is 85. The molecule has 0 rings (SSSR count). The average Bonchev–Trinajstić information content (AvgIpc) is 0.900. The first kappa shape index (κ1) is 106. The molecule has 0 heterocycles. The Morgan fingerprint density at radius 2 is 0.546 bits per heavy atom. The summed E-state index contributed by atoms with van der Waals surface area (Å²) in [6, 6.07) is 0. The topological polar surface area (TPSA) is 237 Å². The van der Waals surface area contributed by atoms with Crippen molar-refractivity contribution in [1.29, 1.82) is 0 Å². The van der Waals surface area contributed by atoms with Crippen LogP contribution in [-0.4, -0.2) is 96.7 Å². The molecule has 0 aliphatic rings. The van der Waals surface area contributed by atoms with E-state index in [-0.39, 0.29) is 25.7 Å². The Morgan fingerprint density at radius 1 is 0.306 bits per heavy atom. The highest BCUT2D eigenvalue weighted by Gasteiger charge is 2.31. The predicted octanol–water partition coefficient (Wildman–Crippen LogP) is 26.8. The van der Waals surface area contributed by atoms with Crippen LogP contribution in [-0.2, 0) is 65.4 Å². The molecule has 0 saturated carbocycles. The molecule has 0 saturated heterocycles. The SMILES string of the molecule is CCCCCC/C=C\C=C/CCCCCCCC(=O)O[C@H](COC(=O)CCCCCCCCC(C)CC)COP(=O)(O)OC[C@H](O)COP(=O)(O)OC[C@@H](COC(=O)CCCCCCCCCCCCCCCCCCCCC(C)CC)OC(=O)CCCCCCCCCCCCCCCCCCCCC(C)C. The molecular formula is C89H170O17P2. The van der Waals surface area contributed by atoms with Crippen molar-refractivity contribution in [2.45, 2.75) is 465 Å². The molecule has 0 aliphatic heterocycles. The fourth-order valence-corrected chi connectivity index (χ4v) is 14.9. The molecule has 7 atom stereocenters. The molecule has 17 nitrogen and oxygen atoms in total. The molecule has 4 unspecified atom stereocenters. The summed E-state index contributed by atoms with van der Waals surface area (Å²) in [5, 5.41) is 10.7. The third-order valence-electron chi connectivity index (χ3n) is 21.0. The van der Waals surface area contributed by atoms with Crippen molar-refractivity contribution >= 4 is 39.5 Å². The molecular weight excluding hydrogens is 1400 g/mol. The highest BCUT2D eigenvalue weighted by molar-refractivity contribution is 7.47. The Bertz CT molecular complexity index is 2180. The normalized spacial score (nSPS) is 14.5. The number of carbonyl (C=O) groups excluding carboxylic acids is 4. The van der Waals surface area contributed by atoms with E-state index in [1.165, 1.54) is 238 Å². The smallest absolute Gasteiger partial charge is 0.462 e. The molecule has 0 bridgehead atoms. The van der Waals surface area contributed by atoms with E-state index < -0.39 is 97.5 Å². The summed E-state index contributed by atoms with van der Waals surface area (Å²) in [5.41, 5.74) is 0. The summed E-state index contributed by atoms with van der Waals surface area (Å²) in [6.45, 7) is 12.0. The van der Waals surface area contributed by atoms with E-state index in [1.807, 2.05) is 0 Å². The number of phosphoric ester groups is 2. The van der Waals surface area contributed by atoms with E-state index >= 15 is 0 Å². The first-order valence-corrected chi connectivity index (χ1v) is 48.2. The zero-order chi connectivity index (χ0) is 79.3. The van der Waals surface area contributed by atoms with Crippen LogP contribution in [0.3, 0.4) is 0 Å². The highest BCUT2D eigenvalue weighted by atomic mass is 31.2. The Hall–Kier alpha value is -2.46. The van der Waals surface area contributed by atoms with Crippen LogP contribution in [0, 0.1) is 17.8 Å². The van der Waals surface area contributed by atoms with Gasteiger partial charge in [0.1, 0.15) is 19.3 Å². The van der Waals surface area contributed by atoms with Gasteiger partial charge in [-0.1, -0.05) is 394 Å². The summed E-state index contributed by atoms with van der Waals surface area (Å²) in [5.74, 6) is 0.285. The van der Waals surface area contributed by atoms with Gasteiger partial charge >= 0.3 is 39.5 Å². The summed E-state index contributed by atoms with van der Waals surface area (Å²) in [4.78, 5) is 73.2. The van der Waals surface area contributed by atoms with Gasteiger partial charge in [0.05, 0.1) is 26.4 Å². The number of hydrogen-bond acceptors (Lipinski definition) is 15. The highest BCUT2D eigenvalue weighted by Crippen LogP contribution is 2.45. The van der Waals surface area contributed by atoms with E-state index in [0.29, 0.717) is 25.7 Å². The minimum Gasteiger partial charge on any atom is -0.462 e. The fourth-order valence-electron chi connectivity index (χ4n) is 13.3. The van der Waals surface area contributed by atoms with Gasteiger partial charge in [0, 0.05) is 25.7 Å². The standard InChI is InChI=1S/C89H170O17P2/c1-8-11-12-13-14-15-16-17-26-34-39-44-49-58-65-73-89(94)106-85(77-100-87(92)71-64-57-52-51-55-62-69-82(7)10-3)79-104-108(97,98)102-75-83(90)74-101-107(95,96)103-78-84(105-88(93)72-66-59-50-45-40-35-30-25-20-18-22-27-31-36-41-46-53-60-67-80(4)5)76-99-86(91)70-63-56-48-43-38-33-29-24-21-19-23-28-32-37-42-47-54-61-68-81(6)9-2/h15-17,26,80-85,90H,8-14,18-25,27-79H2,1-7H3,(H,95,96)(H,97,98)/b16-15-,26-17-/t81?,82?,83-,84-,85-/m1/s1. The molecule has 0 aromatic rings. The Kier molecular flexibility index (Phi) is 76.6. The zero-order valence-electron chi connectivity index (χ0n) is 70.8. The molecule has 108 heavy (non-hydrogen) atoms. The summed E-state index contributed by atoms with van der Waals surface area (Å²) in [6.07, 6.45) is 73.1. The molecule has 0 spiro atoms. The molecule has 3 N–H and O–H groups in total. The largest absolute Gasteiger partial charge is 0.472 e. The fraction of sp³-hybridized carbons (Fsp3) is 0.910. The number of allylic oxidation sites excluding steroid dienone is 4. The van der Waals surface area contributed by atoms with Crippen LogP contribution >= 0.6 is 15.6 Å². The quantitative estimate of drug-likeness (QED) is 0.0169. The van der Waals surface area contributed by atoms with Gasteiger partial charge in [0.15, 0.2) is 12.2 Å². The summed E-state index contributed by atoms with van der Waals surface area (Å²) in [7, 11) is -9.94. The second-order valence-corrected chi connectivity index (χ2v) is 35.2. The second kappa shape index (κ2) is 78.4. The number of esters is 4. The molecule has 0 aliphatic carbocycles. The number of phosphoric acid groups is 2. The predicted molar refractivity (Wildman–Crippen MR) is 446 cm³/mol. The number of carbonyl (C=O) groups is 4. The Morgan fingerprint density at radius 3 is 0.824 bits per heavy atom. The maximum atomic E-state index is 13.2. The first-order chi connectivity index (χ1) is 52.3. The average molecular weight is 1570 g/mol. The van der Waals surface area contributed by atoms with Crippen molar-refractivity contribution in [2.75, 3.05) is 39.6 Å². The molecule has 638 valence electrons. The van der Waals surface area contributed by atoms with Gasteiger partial charge in [-0.2, -0.15) is 0 Å². The molecule has 0 fully saturated rings. The van der Waals surface area contributed by atoms with Crippen LogP contribution in [0.5, 0.6) is 0 Å². The van der Waals surface area contributed by atoms with Crippen molar-refractivity contribution in [3.05, 3.63) is 24.3 Å². The lowest BCUT2D eigenvalue weighted by molar-refractivity contribution is -0.161. The van der Waals surface area contributed by atoms with E-state index in [2.05, 4.69) is 72.8 Å². The number of ether oxygens (including phenoxy) is 4. The summed E-state index contributed by atoms with van der Waals surface area (Å²) < 4.78 is 68.9. The minimum atomic E-state index is -4.97. The molecule has 0 aromatic heterocycles.